The van der Waals surface area contributed by atoms with Crippen LogP contribution in [-0.4, -0.2) is 54.8 Å². The van der Waals surface area contributed by atoms with E-state index in [1.807, 2.05) is 49.7 Å². The quantitative estimate of drug-likeness (QED) is 0.252. The highest BCUT2D eigenvalue weighted by Gasteiger charge is 2.20. The Kier molecular flexibility index (Phi) is 8.18. The first-order valence-corrected chi connectivity index (χ1v) is 14.0. The number of benzene rings is 2. The van der Waals surface area contributed by atoms with E-state index in [2.05, 4.69) is 15.3 Å². The summed E-state index contributed by atoms with van der Waals surface area (Å²) < 4.78 is 0. The molecular weight excluding hydrogens is 534 g/mol. The highest BCUT2D eigenvalue weighted by atomic mass is 35.5. The van der Waals surface area contributed by atoms with E-state index >= 15 is 0 Å². The fourth-order valence-corrected chi connectivity index (χ4v) is 5.25. The molecule has 2 aromatic carbocycles. The first-order valence-electron chi connectivity index (χ1n) is 12.8. The van der Waals surface area contributed by atoms with Gasteiger partial charge >= 0.3 is 5.97 Å². The molecule has 2 aromatic heterocycles. The number of halogens is 1. The van der Waals surface area contributed by atoms with Crippen molar-refractivity contribution in [3.63, 3.8) is 0 Å². The van der Waals surface area contributed by atoms with E-state index in [-0.39, 0.29) is 12.3 Å². The number of carboxylic acids is 1. The van der Waals surface area contributed by atoms with Crippen LogP contribution >= 0.6 is 22.9 Å². The van der Waals surface area contributed by atoms with E-state index in [9.17, 15) is 9.59 Å². The molecule has 0 saturated carbocycles. The molecule has 0 aliphatic carbocycles. The lowest BCUT2D eigenvalue weighted by Gasteiger charge is -2.29. The summed E-state index contributed by atoms with van der Waals surface area (Å²) in [4.78, 5) is 42.4. The van der Waals surface area contributed by atoms with Crippen molar-refractivity contribution >= 4 is 45.8 Å². The van der Waals surface area contributed by atoms with Crippen molar-refractivity contribution in [2.75, 3.05) is 13.1 Å². The summed E-state index contributed by atoms with van der Waals surface area (Å²) in [5.41, 5.74) is 5.29. The maximum atomic E-state index is 13.3. The fourth-order valence-electron chi connectivity index (χ4n) is 4.52. The van der Waals surface area contributed by atoms with Crippen molar-refractivity contribution in [2.24, 2.45) is 0 Å². The van der Waals surface area contributed by atoms with Crippen LogP contribution in [0.15, 0.2) is 60.2 Å². The number of carbonyl (C=O) groups is 2. The molecule has 1 aliphatic heterocycles. The molecule has 1 aliphatic rings. The molecule has 200 valence electrons. The van der Waals surface area contributed by atoms with Gasteiger partial charge in [0.1, 0.15) is 0 Å². The van der Waals surface area contributed by atoms with Gasteiger partial charge in [0, 0.05) is 53.4 Å². The summed E-state index contributed by atoms with van der Waals surface area (Å²) in [6.45, 7) is 4.01. The van der Waals surface area contributed by atoms with E-state index in [1.165, 1.54) is 0 Å². The number of fused-ring (bicyclic) bond motifs is 1. The highest BCUT2D eigenvalue weighted by molar-refractivity contribution is 7.09. The second kappa shape index (κ2) is 11.9. The van der Waals surface area contributed by atoms with Gasteiger partial charge in [-0.3, -0.25) is 9.59 Å². The van der Waals surface area contributed by atoms with Gasteiger partial charge in [0.15, 0.2) is 0 Å². The highest BCUT2D eigenvalue weighted by Crippen LogP contribution is 2.27. The van der Waals surface area contributed by atoms with Gasteiger partial charge < -0.3 is 14.9 Å². The lowest BCUT2D eigenvalue weighted by atomic mass is 10.0. The third-order valence-corrected chi connectivity index (χ3v) is 7.61. The molecule has 8 nitrogen and oxygen atoms in total. The van der Waals surface area contributed by atoms with E-state index in [0.29, 0.717) is 47.4 Å². The molecule has 0 fully saturated rings. The van der Waals surface area contributed by atoms with Gasteiger partial charge in [-0.25, -0.2) is 15.0 Å². The van der Waals surface area contributed by atoms with Crippen LogP contribution in [0.25, 0.3) is 22.3 Å². The summed E-state index contributed by atoms with van der Waals surface area (Å²) in [6.07, 6.45) is 5.66. The molecule has 0 bridgehead atoms. The smallest absolute Gasteiger partial charge is 0.303 e. The van der Waals surface area contributed by atoms with Crippen LogP contribution in [0.4, 0.5) is 0 Å². The zero-order chi connectivity index (χ0) is 27.4. The van der Waals surface area contributed by atoms with Gasteiger partial charge in [-0.05, 0) is 56.5 Å². The molecule has 4 aromatic rings. The molecule has 0 saturated heterocycles. The Morgan fingerprint density at radius 2 is 1.82 bits per heavy atom. The Hall–Kier alpha value is -3.82. The molecule has 1 amide bonds. The van der Waals surface area contributed by atoms with Gasteiger partial charge in [0.2, 0.25) is 0 Å². The van der Waals surface area contributed by atoms with Gasteiger partial charge in [-0.15, -0.1) is 11.3 Å². The maximum absolute atomic E-state index is 13.3. The van der Waals surface area contributed by atoms with Crippen molar-refractivity contribution < 1.29 is 14.7 Å². The number of carboxylic acid groups (broad SMARTS) is 1. The van der Waals surface area contributed by atoms with Crippen molar-refractivity contribution in [1.82, 2.24) is 24.8 Å². The minimum atomic E-state index is -0.811. The molecule has 1 N–H and O–H groups in total. The summed E-state index contributed by atoms with van der Waals surface area (Å²) >= 11 is 7.72. The van der Waals surface area contributed by atoms with Crippen LogP contribution < -0.4 is 0 Å². The molecule has 5 rings (SSSR count). The number of rotatable bonds is 9. The number of aliphatic carboxylic acids is 1. The number of thiazole rings is 1. The van der Waals surface area contributed by atoms with Crippen LogP contribution in [0.5, 0.6) is 0 Å². The molecule has 39 heavy (non-hydrogen) atoms. The number of aromatic nitrogens is 3. The topological polar surface area (TPSA) is 99.5 Å². The average molecular weight is 562 g/mol. The van der Waals surface area contributed by atoms with Gasteiger partial charge in [0.25, 0.3) is 5.91 Å². The number of carbonyl (C=O) groups excluding carboxylic acids is 1. The Morgan fingerprint density at radius 3 is 2.51 bits per heavy atom. The van der Waals surface area contributed by atoms with Gasteiger partial charge in [-0.1, -0.05) is 23.7 Å². The second-order valence-corrected chi connectivity index (χ2v) is 11.0. The van der Waals surface area contributed by atoms with E-state index < -0.39 is 5.97 Å². The first kappa shape index (κ1) is 26.8. The normalized spacial score (nSPS) is 13.3. The van der Waals surface area contributed by atoms with Crippen LogP contribution in [-0.2, 0) is 17.8 Å². The molecular formula is C29H28ClN5O3S. The fraction of sp³-hybridized carbons (Fsp3) is 0.276. The Labute approximate surface area is 235 Å². The summed E-state index contributed by atoms with van der Waals surface area (Å²) in [5, 5.41) is 12.7. The summed E-state index contributed by atoms with van der Waals surface area (Å²) in [7, 11) is 0. The predicted molar refractivity (Wildman–Crippen MR) is 153 cm³/mol. The number of hydrogen-bond donors (Lipinski definition) is 1. The zero-order valence-electron chi connectivity index (χ0n) is 21.5. The molecule has 0 radical (unpaired) electrons. The Balaban J connectivity index is 1.37. The predicted octanol–water partition coefficient (Wildman–Crippen LogP) is 5.94. The lowest BCUT2D eigenvalue weighted by molar-refractivity contribution is -0.137. The minimum absolute atomic E-state index is 0.0936. The summed E-state index contributed by atoms with van der Waals surface area (Å²) in [6, 6.07) is 12.8. The largest absolute Gasteiger partial charge is 0.481 e. The minimum Gasteiger partial charge on any atom is -0.481 e. The molecule has 0 atom stereocenters. The number of hydrogen-bond acceptors (Lipinski definition) is 7. The lowest BCUT2D eigenvalue weighted by Crippen LogP contribution is -2.37. The summed E-state index contributed by atoms with van der Waals surface area (Å²) in [5.74, 6) is -0.905. The van der Waals surface area contributed by atoms with Crippen molar-refractivity contribution in [2.45, 2.75) is 39.2 Å². The molecule has 3 heterocycles. The van der Waals surface area contributed by atoms with Crippen LogP contribution in [0, 0.1) is 6.92 Å². The number of amides is 1. The van der Waals surface area contributed by atoms with Crippen molar-refractivity contribution in [3.8, 4) is 11.3 Å². The Morgan fingerprint density at radius 1 is 1.00 bits per heavy atom. The van der Waals surface area contributed by atoms with Gasteiger partial charge in [0.05, 0.1) is 39.7 Å². The van der Waals surface area contributed by atoms with E-state index in [4.69, 9.17) is 26.7 Å². The van der Waals surface area contributed by atoms with E-state index in [0.717, 1.165) is 40.7 Å². The average Bonchev–Trinajstić information content (AvgIpc) is 3.35. The SMILES string of the molecule is Cc1nc(CN2C=CN(C(=O)c3ccc4nc(-c5ccc(Cl)cc5)c(CCCCC(=O)O)nc4c3)CC2)cs1. The van der Waals surface area contributed by atoms with Crippen LogP contribution in [0.1, 0.15) is 46.0 Å². The van der Waals surface area contributed by atoms with Crippen LogP contribution in [0.2, 0.25) is 5.02 Å². The molecule has 10 heteroatoms. The third kappa shape index (κ3) is 6.61. The monoisotopic (exact) mass is 561 g/mol. The first-order chi connectivity index (χ1) is 18.9. The molecule has 0 spiro atoms. The zero-order valence-corrected chi connectivity index (χ0v) is 23.1. The van der Waals surface area contributed by atoms with Crippen molar-refractivity contribution in [1.29, 1.82) is 0 Å². The maximum Gasteiger partial charge on any atom is 0.303 e. The number of unbranched alkanes of at least 4 members (excludes halogenated alkanes) is 1. The number of aryl methyl sites for hydroxylation is 2. The van der Waals surface area contributed by atoms with E-state index in [1.54, 1.807) is 28.4 Å². The molecule has 0 unspecified atom stereocenters. The third-order valence-electron chi connectivity index (χ3n) is 6.53. The number of nitrogens with zero attached hydrogens (tertiary/aromatic N) is 5. The van der Waals surface area contributed by atoms with Crippen molar-refractivity contribution in [3.05, 3.63) is 87.2 Å². The van der Waals surface area contributed by atoms with Gasteiger partial charge in [-0.2, -0.15) is 0 Å². The Bertz CT molecular complexity index is 1540. The second-order valence-electron chi connectivity index (χ2n) is 9.46. The standard InChI is InChI=1S/C29H28ClN5O3S/c1-19-31-23(18-39-19)17-34-12-14-35(15-13-34)29(38)21-8-11-24-26(16-21)32-25(4-2-3-5-27(36)37)28(33-24)20-6-9-22(30)10-7-20/h6-12,14,16,18H,2-5,13,15,17H2,1H3,(H,36,37). The van der Waals surface area contributed by atoms with Crippen LogP contribution in [0.3, 0.4) is 0 Å².